The van der Waals surface area contributed by atoms with Crippen LogP contribution in [0.4, 0.5) is 27.3 Å². The molecule has 0 fully saturated rings. The van der Waals surface area contributed by atoms with Crippen LogP contribution in [0, 0.1) is 12.7 Å². The summed E-state index contributed by atoms with van der Waals surface area (Å²) >= 11 is 0. The Morgan fingerprint density at radius 3 is 2.55 bits per heavy atom. The summed E-state index contributed by atoms with van der Waals surface area (Å²) in [5, 5.41) is 5.86. The van der Waals surface area contributed by atoms with E-state index in [4.69, 9.17) is 0 Å². The van der Waals surface area contributed by atoms with Crippen molar-refractivity contribution in [2.75, 3.05) is 28.6 Å². The van der Waals surface area contributed by atoms with E-state index < -0.39 is 0 Å². The number of halogens is 1. The van der Waals surface area contributed by atoms with Crippen LogP contribution in [0.1, 0.15) is 29.9 Å². The van der Waals surface area contributed by atoms with Crippen molar-refractivity contribution < 1.29 is 9.18 Å². The average molecular weight is 393 g/mol. The number of carbonyl (C=O) groups excluding carboxylic acids is 1. The molecule has 29 heavy (non-hydrogen) atoms. The van der Waals surface area contributed by atoms with Gasteiger partial charge in [0.2, 0.25) is 0 Å². The van der Waals surface area contributed by atoms with E-state index in [1.54, 1.807) is 12.1 Å². The van der Waals surface area contributed by atoms with E-state index in [1.807, 2.05) is 19.1 Å². The number of carbonyl (C=O) groups is 1. The molecule has 0 radical (unpaired) electrons. The SMILES string of the molecule is CCN(CC)c1ccc(NC(=O)c2cc(Nc3cccc(F)c3)ncn2)c(C)c1. The number of benzene rings is 2. The molecule has 0 unspecified atom stereocenters. The molecule has 150 valence electrons. The molecule has 3 rings (SSSR count). The van der Waals surface area contributed by atoms with Crippen molar-refractivity contribution in [1.82, 2.24) is 9.97 Å². The first-order valence-corrected chi connectivity index (χ1v) is 9.51. The van der Waals surface area contributed by atoms with Crippen molar-refractivity contribution in [3.05, 3.63) is 71.9 Å². The predicted molar refractivity (Wildman–Crippen MR) is 114 cm³/mol. The Kier molecular flexibility index (Phi) is 6.39. The second-order valence-electron chi connectivity index (χ2n) is 6.55. The molecule has 0 aliphatic rings. The van der Waals surface area contributed by atoms with Gasteiger partial charge in [-0.05, 0) is 62.7 Å². The van der Waals surface area contributed by atoms with Crippen molar-refractivity contribution in [2.24, 2.45) is 0 Å². The fourth-order valence-electron chi connectivity index (χ4n) is 3.02. The van der Waals surface area contributed by atoms with Gasteiger partial charge >= 0.3 is 0 Å². The quantitative estimate of drug-likeness (QED) is 0.605. The molecule has 0 aliphatic heterocycles. The molecule has 7 heteroatoms. The van der Waals surface area contributed by atoms with Gasteiger partial charge in [-0.2, -0.15) is 0 Å². The molecule has 6 nitrogen and oxygen atoms in total. The van der Waals surface area contributed by atoms with Gasteiger partial charge in [0.25, 0.3) is 5.91 Å². The Labute approximate surface area is 169 Å². The topological polar surface area (TPSA) is 70.2 Å². The van der Waals surface area contributed by atoms with E-state index in [2.05, 4.69) is 45.4 Å². The lowest BCUT2D eigenvalue weighted by atomic mass is 10.1. The Morgan fingerprint density at radius 2 is 1.86 bits per heavy atom. The zero-order chi connectivity index (χ0) is 20.8. The fourth-order valence-corrected chi connectivity index (χ4v) is 3.02. The molecule has 2 aromatic carbocycles. The Morgan fingerprint density at radius 1 is 1.07 bits per heavy atom. The Hall–Kier alpha value is -3.48. The van der Waals surface area contributed by atoms with Gasteiger partial charge in [0.15, 0.2) is 0 Å². The summed E-state index contributed by atoms with van der Waals surface area (Å²) in [5.74, 6) is -0.289. The van der Waals surface area contributed by atoms with Crippen LogP contribution in [0.2, 0.25) is 0 Å². The van der Waals surface area contributed by atoms with Crippen LogP contribution in [0.3, 0.4) is 0 Å². The minimum absolute atomic E-state index is 0.214. The van der Waals surface area contributed by atoms with E-state index in [9.17, 15) is 9.18 Å². The lowest BCUT2D eigenvalue weighted by molar-refractivity contribution is 0.102. The highest BCUT2D eigenvalue weighted by Crippen LogP contribution is 2.23. The highest BCUT2D eigenvalue weighted by Gasteiger charge is 2.12. The Bertz CT molecular complexity index is 1000. The van der Waals surface area contributed by atoms with Gasteiger partial charge in [-0.25, -0.2) is 14.4 Å². The molecule has 1 heterocycles. The van der Waals surface area contributed by atoms with Gasteiger partial charge < -0.3 is 15.5 Å². The number of nitrogens with one attached hydrogen (secondary N) is 2. The van der Waals surface area contributed by atoms with Gasteiger partial charge in [0, 0.05) is 36.2 Å². The van der Waals surface area contributed by atoms with Crippen LogP contribution in [0.15, 0.2) is 54.9 Å². The third kappa shape index (κ3) is 5.07. The molecule has 0 saturated carbocycles. The number of hydrogen-bond acceptors (Lipinski definition) is 5. The van der Waals surface area contributed by atoms with Crippen molar-refractivity contribution in [2.45, 2.75) is 20.8 Å². The maximum absolute atomic E-state index is 13.3. The summed E-state index contributed by atoms with van der Waals surface area (Å²) in [6, 6.07) is 13.5. The lowest BCUT2D eigenvalue weighted by Crippen LogP contribution is -2.22. The summed E-state index contributed by atoms with van der Waals surface area (Å²) in [7, 11) is 0. The zero-order valence-electron chi connectivity index (χ0n) is 16.7. The molecular formula is C22H24FN5O. The molecular weight excluding hydrogens is 369 g/mol. The molecule has 3 aromatic rings. The first kappa shape index (κ1) is 20.3. The summed E-state index contributed by atoms with van der Waals surface area (Å²) in [6.45, 7) is 8.02. The smallest absolute Gasteiger partial charge is 0.274 e. The maximum atomic E-state index is 13.3. The highest BCUT2D eigenvalue weighted by atomic mass is 19.1. The predicted octanol–water partition coefficient (Wildman–Crippen LogP) is 4.77. The van der Waals surface area contributed by atoms with Crippen LogP contribution in [-0.2, 0) is 0 Å². The third-order valence-electron chi connectivity index (χ3n) is 4.58. The fraction of sp³-hybridized carbons (Fsp3) is 0.227. The lowest BCUT2D eigenvalue weighted by Gasteiger charge is -2.22. The number of anilines is 4. The number of rotatable bonds is 7. The van der Waals surface area contributed by atoms with Crippen LogP contribution < -0.4 is 15.5 Å². The Balaban J connectivity index is 1.74. The van der Waals surface area contributed by atoms with Crippen LogP contribution in [-0.4, -0.2) is 29.0 Å². The van der Waals surface area contributed by atoms with Crippen molar-refractivity contribution in [3.8, 4) is 0 Å². The largest absolute Gasteiger partial charge is 0.372 e. The standard InChI is InChI=1S/C22H24FN5O/c1-4-28(5-2)18-9-10-19(15(3)11-18)27-22(29)20-13-21(25-14-24-20)26-17-8-6-7-16(23)12-17/h6-14H,4-5H2,1-3H3,(H,27,29)(H,24,25,26). The summed E-state index contributed by atoms with van der Waals surface area (Å²) in [6.07, 6.45) is 1.30. The molecule has 1 amide bonds. The molecule has 0 saturated heterocycles. The van der Waals surface area contributed by atoms with Crippen molar-refractivity contribution >= 4 is 28.8 Å². The van der Waals surface area contributed by atoms with Crippen molar-refractivity contribution in [1.29, 1.82) is 0 Å². The summed E-state index contributed by atoms with van der Waals surface area (Å²) in [4.78, 5) is 23.0. The number of amides is 1. The van der Waals surface area contributed by atoms with Crippen molar-refractivity contribution in [3.63, 3.8) is 0 Å². The zero-order valence-corrected chi connectivity index (χ0v) is 16.7. The molecule has 1 aromatic heterocycles. The molecule has 2 N–H and O–H groups in total. The normalized spacial score (nSPS) is 10.5. The van der Waals surface area contributed by atoms with Crippen LogP contribution in [0.5, 0.6) is 0 Å². The first-order valence-electron chi connectivity index (χ1n) is 9.51. The average Bonchev–Trinajstić information content (AvgIpc) is 2.71. The van der Waals surface area contributed by atoms with E-state index in [0.29, 0.717) is 11.5 Å². The summed E-state index contributed by atoms with van der Waals surface area (Å²) < 4.78 is 13.3. The monoisotopic (exact) mass is 393 g/mol. The van der Waals surface area contributed by atoms with Gasteiger partial charge in [-0.1, -0.05) is 6.07 Å². The number of aromatic nitrogens is 2. The second kappa shape index (κ2) is 9.14. The van der Waals surface area contributed by atoms with Crippen LogP contribution in [0.25, 0.3) is 0 Å². The van der Waals surface area contributed by atoms with E-state index in [-0.39, 0.29) is 17.4 Å². The number of aryl methyl sites for hydroxylation is 1. The molecule has 0 aliphatic carbocycles. The minimum atomic E-state index is -0.356. The maximum Gasteiger partial charge on any atom is 0.274 e. The van der Waals surface area contributed by atoms with E-state index in [1.165, 1.54) is 24.5 Å². The molecule has 0 atom stereocenters. The van der Waals surface area contributed by atoms with E-state index >= 15 is 0 Å². The number of nitrogens with zero attached hydrogens (tertiary/aromatic N) is 3. The minimum Gasteiger partial charge on any atom is -0.372 e. The third-order valence-corrected chi connectivity index (χ3v) is 4.58. The van der Waals surface area contributed by atoms with Crippen LogP contribution >= 0.6 is 0 Å². The van der Waals surface area contributed by atoms with Gasteiger partial charge in [-0.15, -0.1) is 0 Å². The second-order valence-corrected chi connectivity index (χ2v) is 6.55. The number of hydrogen-bond donors (Lipinski definition) is 2. The van der Waals surface area contributed by atoms with E-state index in [0.717, 1.165) is 30.0 Å². The van der Waals surface area contributed by atoms with Gasteiger partial charge in [0.1, 0.15) is 23.7 Å². The summed E-state index contributed by atoms with van der Waals surface area (Å²) in [5.41, 5.74) is 3.57. The highest BCUT2D eigenvalue weighted by molar-refractivity contribution is 6.03. The van der Waals surface area contributed by atoms with Gasteiger partial charge in [0.05, 0.1) is 0 Å². The molecule has 0 bridgehead atoms. The molecule has 0 spiro atoms. The first-order chi connectivity index (χ1) is 14.0. The van der Waals surface area contributed by atoms with Gasteiger partial charge in [-0.3, -0.25) is 4.79 Å².